The number of aliphatic hydroxyl groups is 5. The minimum Gasteiger partial charge on any atom is -0.450 e. The van der Waals surface area contributed by atoms with Crippen LogP contribution in [0.4, 0.5) is 0 Å². The zero-order valence-electron chi connectivity index (χ0n) is 33.5. The van der Waals surface area contributed by atoms with E-state index in [2.05, 4.69) is 28.9 Å². The summed E-state index contributed by atoms with van der Waals surface area (Å²) < 4.78 is 5.95. The van der Waals surface area contributed by atoms with Crippen molar-refractivity contribution >= 4 is 12.3 Å². The van der Waals surface area contributed by atoms with Crippen molar-refractivity contribution in [3.05, 3.63) is 35.5 Å². The van der Waals surface area contributed by atoms with Crippen LogP contribution in [0.15, 0.2) is 35.5 Å². The molecule has 7 N–H and O–H groups in total. The number of aldehydes is 1. The second-order valence-corrected chi connectivity index (χ2v) is 21.0. The topological polar surface area (TPSA) is 169 Å². The Labute approximate surface area is 332 Å². The lowest BCUT2D eigenvalue weighted by Gasteiger charge is -2.74. The van der Waals surface area contributed by atoms with Gasteiger partial charge in [-0.25, -0.2) is 4.79 Å². The third-order valence-electron chi connectivity index (χ3n) is 19.3. The monoisotopic (exact) mass is 774 g/mol. The van der Waals surface area contributed by atoms with Crippen molar-refractivity contribution in [3.63, 3.8) is 0 Å². The van der Waals surface area contributed by atoms with E-state index in [4.69, 9.17) is 4.74 Å². The molecule has 0 radical (unpaired) electrons. The molecular formula is C46H66N2O8. The molecule has 0 amide bonds. The van der Waals surface area contributed by atoms with E-state index in [1.165, 1.54) is 25.7 Å². The molecule has 10 rings (SSSR count). The number of carbonyl (C=O) groups is 2. The molecule has 16 atom stereocenters. The average Bonchev–Trinajstić information content (AvgIpc) is 3.98. The summed E-state index contributed by atoms with van der Waals surface area (Å²) in [5, 5.41) is 74.2. The highest BCUT2D eigenvalue weighted by Crippen LogP contribution is 2.78. The van der Waals surface area contributed by atoms with Crippen LogP contribution in [-0.4, -0.2) is 99.6 Å². The van der Waals surface area contributed by atoms with Gasteiger partial charge in [0.2, 0.25) is 0 Å². The van der Waals surface area contributed by atoms with Gasteiger partial charge in [-0.2, -0.15) is 0 Å². The lowest BCUT2D eigenvalue weighted by atomic mass is 9.33. The van der Waals surface area contributed by atoms with Gasteiger partial charge < -0.3 is 45.7 Å². The Morgan fingerprint density at radius 3 is 2.39 bits per heavy atom. The predicted molar refractivity (Wildman–Crippen MR) is 209 cm³/mol. The first-order chi connectivity index (χ1) is 26.8. The van der Waals surface area contributed by atoms with Crippen molar-refractivity contribution in [1.29, 1.82) is 0 Å². The quantitative estimate of drug-likeness (QED) is 0.0877. The van der Waals surface area contributed by atoms with Gasteiger partial charge in [-0.3, -0.25) is 0 Å². The number of fused-ring (bicyclic) bond motifs is 9. The summed E-state index contributed by atoms with van der Waals surface area (Å²) in [5.74, 6) is -2.31. The van der Waals surface area contributed by atoms with E-state index in [1.54, 1.807) is 6.08 Å². The lowest BCUT2D eigenvalue weighted by Crippen LogP contribution is -2.86. The van der Waals surface area contributed by atoms with Gasteiger partial charge in [-0.15, -0.1) is 0 Å². The standard InChI is InChI=1S/C46H66N2O8/c1-41-15-12-35-43(25-49)24-42(13-5-6-14-42)39(51)33-19-27-10-7-11-30(26-8-3-4-9-26)31(27)20-34(45(33,43)54)40(52)46(35,55)44(41,53)22-28-18-29(23-48-17-16-47-2)38-32(37(28)41)21-36(50)56-38/h7,10,18,21,25-28,30-31,33-35,37-40,47-48,51-55H,3-6,8-9,11-17,19-20,22-24H2,1-2H3. The van der Waals surface area contributed by atoms with Crippen LogP contribution in [0.5, 0.6) is 0 Å². The number of hydrogen-bond acceptors (Lipinski definition) is 10. The molecule has 10 nitrogen and oxygen atoms in total. The molecule has 0 aromatic rings. The first-order valence-electron chi connectivity index (χ1n) is 22.5. The molecule has 1 aliphatic heterocycles. The Morgan fingerprint density at radius 2 is 1.66 bits per heavy atom. The van der Waals surface area contributed by atoms with Crippen LogP contribution in [-0.2, 0) is 14.3 Å². The van der Waals surface area contributed by atoms with E-state index in [-0.39, 0.29) is 36.5 Å². The molecule has 16 unspecified atom stereocenters. The summed E-state index contributed by atoms with van der Waals surface area (Å²) in [6, 6.07) is 0. The van der Waals surface area contributed by atoms with E-state index in [9.17, 15) is 35.1 Å². The highest BCUT2D eigenvalue weighted by molar-refractivity contribution is 5.87. The number of nitrogens with one attached hydrogen (secondary N) is 2. The molecule has 9 aliphatic carbocycles. The normalized spacial score (nSPS) is 52.5. The fourth-order valence-corrected chi connectivity index (χ4v) is 17.1. The summed E-state index contributed by atoms with van der Waals surface area (Å²) in [4.78, 5) is 27.5. The maximum atomic E-state index is 14.5. The molecule has 1 spiro atoms. The molecule has 0 aromatic carbocycles. The van der Waals surface area contributed by atoms with Crippen LogP contribution in [0.3, 0.4) is 0 Å². The number of ether oxygens (including phenoxy) is 1. The van der Waals surface area contributed by atoms with Crippen LogP contribution < -0.4 is 10.6 Å². The summed E-state index contributed by atoms with van der Waals surface area (Å²) in [6.07, 6.45) is 17.7. The van der Waals surface area contributed by atoms with Gasteiger partial charge in [-0.05, 0) is 117 Å². The Kier molecular flexibility index (Phi) is 8.92. The number of likely N-dealkylation sites (N-methyl/N-ethyl adjacent to an activating group) is 1. The van der Waals surface area contributed by atoms with Gasteiger partial charge >= 0.3 is 5.97 Å². The van der Waals surface area contributed by atoms with E-state index in [0.717, 1.165) is 62.6 Å². The largest absolute Gasteiger partial charge is 0.450 e. The highest BCUT2D eigenvalue weighted by Gasteiger charge is 2.86. The van der Waals surface area contributed by atoms with Crippen LogP contribution in [0.2, 0.25) is 0 Å². The minimum absolute atomic E-state index is 0.0881. The van der Waals surface area contributed by atoms with Gasteiger partial charge in [0.15, 0.2) is 0 Å². The Bertz CT molecular complexity index is 1720. The van der Waals surface area contributed by atoms with E-state index < -0.39 is 75.1 Å². The molecule has 0 saturated heterocycles. The molecule has 1 heterocycles. The molecular weight excluding hydrogens is 709 g/mol. The van der Waals surface area contributed by atoms with Gasteiger partial charge in [0.1, 0.15) is 23.6 Å². The fourth-order valence-electron chi connectivity index (χ4n) is 17.1. The number of carbonyl (C=O) groups excluding carboxylic acids is 2. The summed E-state index contributed by atoms with van der Waals surface area (Å²) in [7, 11) is 1.90. The second kappa shape index (κ2) is 13.0. The number of rotatable bonds is 7. The highest BCUT2D eigenvalue weighted by atomic mass is 16.5. The number of esters is 1. The molecule has 56 heavy (non-hydrogen) atoms. The average molecular weight is 775 g/mol. The Morgan fingerprint density at radius 1 is 0.911 bits per heavy atom. The number of aliphatic hydroxyl groups excluding tert-OH is 2. The SMILES string of the molecule is CNCCNCC1=CC2CC3(O)C(C)(CCC4C5(C=O)CC6(CCCC6)C(O)C6CC7C=CCC(C8CCCC8)C7CC(C(O)C43O)C65O)C2C2=CC(=O)OC12. The molecule has 10 heteroatoms. The van der Waals surface area contributed by atoms with Crippen LogP contribution in [0.1, 0.15) is 103 Å². The number of hydrogen-bond donors (Lipinski definition) is 7. The molecule has 10 aliphatic rings. The smallest absolute Gasteiger partial charge is 0.331 e. The number of allylic oxidation sites excluding steroid dienone is 3. The lowest BCUT2D eigenvalue weighted by molar-refractivity contribution is -0.382. The summed E-state index contributed by atoms with van der Waals surface area (Å²) >= 11 is 0. The molecule has 7 fully saturated rings. The van der Waals surface area contributed by atoms with Crippen LogP contribution in [0.25, 0.3) is 0 Å². The Balaban J connectivity index is 1.13. The van der Waals surface area contributed by atoms with Crippen molar-refractivity contribution in [2.75, 3.05) is 26.7 Å². The predicted octanol–water partition coefficient (Wildman–Crippen LogP) is 3.74. The van der Waals surface area contributed by atoms with E-state index in [0.29, 0.717) is 44.1 Å². The van der Waals surface area contributed by atoms with Crippen molar-refractivity contribution < 1.29 is 39.9 Å². The maximum absolute atomic E-state index is 14.5. The first-order valence-corrected chi connectivity index (χ1v) is 22.5. The molecule has 0 bridgehead atoms. The van der Waals surface area contributed by atoms with E-state index >= 15 is 0 Å². The second-order valence-electron chi connectivity index (χ2n) is 21.0. The summed E-state index contributed by atoms with van der Waals surface area (Å²) in [6.45, 7) is 4.04. The zero-order chi connectivity index (χ0) is 39.0. The van der Waals surface area contributed by atoms with Gasteiger partial charge in [-0.1, -0.05) is 63.7 Å². The molecule has 7 saturated carbocycles. The third-order valence-corrected chi connectivity index (χ3v) is 19.3. The van der Waals surface area contributed by atoms with Crippen LogP contribution in [0, 0.1) is 69.5 Å². The molecule has 308 valence electrons. The fraction of sp³-hybridized carbons (Fsp3) is 0.826. The zero-order valence-corrected chi connectivity index (χ0v) is 33.5. The van der Waals surface area contributed by atoms with Crippen molar-refractivity contribution in [2.45, 2.75) is 138 Å². The molecule has 0 aromatic heterocycles. The minimum atomic E-state index is -2.13. The van der Waals surface area contributed by atoms with Gasteiger partial charge in [0.05, 0.1) is 23.2 Å². The van der Waals surface area contributed by atoms with Crippen molar-refractivity contribution in [2.24, 2.45) is 69.5 Å². The third kappa shape index (κ3) is 4.64. The first kappa shape index (κ1) is 38.3. The van der Waals surface area contributed by atoms with Gasteiger partial charge in [0, 0.05) is 48.9 Å². The van der Waals surface area contributed by atoms with Crippen molar-refractivity contribution in [3.8, 4) is 0 Å². The maximum Gasteiger partial charge on any atom is 0.331 e. The summed E-state index contributed by atoms with van der Waals surface area (Å²) in [5.41, 5.74) is -7.00. The van der Waals surface area contributed by atoms with Crippen molar-refractivity contribution in [1.82, 2.24) is 10.6 Å². The van der Waals surface area contributed by atoms with E-state index in [1.807, 2.05) is 14.0 Å². The van der Waals surface area contributed by atoms with Gasteiger partial charge in [0.25, 0.3) is 0 Å². The Hall–Kier alpha value is -1.92. The van der Waals surface area contributed by atoms with Crippen LogP contribution >= 0.6 is 0 Å².